The van der Waals surface area contributed by atoms with E-state index in [0.29, 0.717) is 5.92 Å². The van der Waals surface area contributed by atoms with Crippen molar-refractivity contribution in [2.24, 2.45) is 0 Å². The van der Waals surface area contributed by atoms with Gasteiger partial charge in [0.25, 0.3) is 0 Å². The van der Waals surface area contributed by atoms with Crippen LogP contribution in [0.15, 0.2) is 42.9 Å². The van der Waals surface area contributed by atoms with Crippen LogP contribution in [0.3, 0.4) is 0 Å². The molecule has 0 aliphatic heterocycles. The maximum absolute atomic E-state index is 4.41. The maximum Gasteiger partial charge on any atom is 0.0633 e. The van der Waals surface area contributed by atoms with E-state index >= 15 is 0 Å². The van der Waals surface area contributed by atoms with E-state index in [4.69, 9.17) is 0 Å². The second-order valence-corrected chi connectivity index (χ2v) is 3.69. The fraction of sp³-hybridized carbons (Fsp3) is 0.438. The van der Waals surface area contributed by atoms with Crippen LogP contribution in [0.25, 0.3) is 5.69 Å². The second-order valence-electron chi connectivity index (χ2n) is 3.69. The molecular formula is C16H26N2. The summed E-state index contributed by atoms with van der Waals surface area (Å²) >= 11 is 0. The molecule has 100 valence electrons. The van der Waals surface area contributed by atoms with Crippen molar-refractivity contribution in [1.82, 2.24) is 9.55 Å². The summed E-state index contributed by atoms with van der Waals surface area (Å²) in [6.07, 6.45) is 5.95. The van der Waals surface area contributed by atoms with Gasteiger partial charge in [-0.05, 0) is 30.2 Å². The molecule has 0 aliphatic carbocycles. The van der Waals surface area contributed by atoms with Crippen LogP contribution in [-0.2, 0) is 0 Å². The zero-order chi connectivity index (χ0) is 14.0. The molecule has 0 aliphatic rings. The number of nitrogens with zero attached hydrogens (tertiary/aromatic N) is 2. The van der Waals surface area contributed by atoms with E-state index in [1.165, 1.54) is 0 Å². The summed E-state index contributed by atoms with van der Waals surface area (Å²) in [6, 6.07) is 8.20. The second kappa shape index (κ2) is 9.46. The first kappa shape index (κ1) is 16.4. The van der Waals surface area contributed by atoms with Gasteiger partial charge in [0.15, 0.2) is 0 Å². The summed E-state index contributed by atoms with van der Waals surface area (Å²) in [5.41, 5.74) is 2.25. The van der Waals surface area contributed by atoms with Gasteiger partial charge in [0.1, 0.15) is 0 Å². The fourth-order valence-corrected chi connectivity index (χ4v) is 1.40. The van der Waals surface area contributed by atoms with E-state index in [1.54, 1.807) is 0 Å². The first-order chi connectivity index (χ1) is 8.77. The highest BCUT2D eigenvalue weighted by Gasteiger charge is 2.00. The van der Waals surface area contributed by atoms with Crippen molar-refractivity contribution in [2.45, 2.75) is 47.5 Å². The minimum atomic E-state index is 0.494. The molecule has 0 fully saturated rings. The molecule has 0 N–H and O–H groups in total. The molecule has 2 aromatic rings. The van der Waals surface area contributed by atoms with E-state index in [1.807, 2.05) is 58.4 Å². The Kier molecular flexibility index (Phi) is 8.63. The molecule has 2 aromatic heterocycles. The predicted molar refractivity (Wildman–Crippen MR) is 80.3 cm³/mol. The van der Waals surface area contributed by atoms with Crippen LogP contribution < -0.4 is 0 Å². The van der Waals surface area contributed by atoms with Crippen LogP contribution in [0, 0.1) is 0 Å². The molecule has 2 rings (SSSR count). The summed E-state index contributed by atoms with van der Waals surface area (Å²) in [5.74, 6) is 0.494. The number of aromatic nitrogens is 2. The molecular weight excluding hydrogens is 220 g/mol. The monoisotopic (exact) mass is 246 g/mol. The summed E-state index contributed by atoms with van der Waals surface area (Å²) in [5, 5.41) is 0. The van der Waals surface area contributed by atoms with Crippen LogP contribution in [0.2, 0.25) is 0 Å². The molecule has 0 amide bonds. The summed E-state index contributed by atoms with van der Waals surface area (Å²) < 4.78 is 2.05. The molecule has 0 bridgehead atoms. The van der Waals surface area contributed by atoms with Gasteiger partial charge in [-0.15, -0.1) is 0 Å². The first-order valence-corrected chi connectivity index (χ1v) is 6.86. The molecule has 0 aromatic carbocycles. The molecule has 2 heteroatoms. The Morgan fingerprint density at radius 3 is 1.89 bits per heavy atom. The summed E-state index contributed by atoms with van der Waals surface area (Å²) in [7, 11) is 0. The Morgan fingerprint density at radius 2 is 1.50 bits per heavy atom. The normalized spacial score (nSPS) is 9.06. The van der Waals surface area contributed by atoms with Crippen molar-refractivity contribution in [3.8, 4) is 5.69 Å². The molecule has 18 heavy (non-hydrogen) atoms. The van der Waals surface area contributed by atoms with E-state index in [9.17, 15) is 0 Å². The van der Waals surface area contributed by atoms with Crippen LogP contribution in [0.1, 0.15) is 53.2 Å². The van der Waals surface area contributed by atoms with Crippen molar-refractivity contribution in [3.63, 3.8) is 0 Å². The zero-order valence-corrected chi connectivity index (χ0v) is 12.5. The SMILES string of the molecule is CC.CC.CC(C)c1ccc(-n2cccc2)cn1. The number of rotatable bonds is 2. The van der Waals surface area contributed by atoms with E-state index in [-0.39, 0.29) is 0 Å². The lowest BCUT2D eigenvalue weighted by molar-refractivity contribution is 0.819. The van der Waals surface area contributed by atoms with E-state index in [0.717, 1.165) is 11.4 Å². The summed E-state index contributed by atoms with van der Waals surface area (Å²) in [4.78, 5) is 4.41. The van der Waals surface area contributed by atoms with Gasteiger partial charge in [-0.1, -0.05) is 41.5 Å². The maximum atomic E-state index is 4.41. The third kappa shape index (κ3) is 4.74. The zero-order valence-electron chi connectivity index (χ0n) is 12.5. The molecule has 0 saturated carbocycles. The number of pyridine rings is 1. The Balaban J connectivity index is 0.000000659. The topological polar surface area (TPSA) is 17.8 Å². The van der Waals surface area contributed by atoms with Gasteiger partial charge in [0, 0.05) is 18.1 Å². The van der Waals surface area contributed by atoms with Gasteiger partial charge in [-0.25, -0.2) is 0 Å². The number of hydrogen-bond acceptors (Lipinski definition) is 1. The van der Waals surface area contributed by atoms with Crippen LogP contribution >= 0.6 is 0 Å². The molecule has 0 unspecified atom stereocenters. The molecule has 2 heterocycles. The molecule has 0 saturated heterocycles. The van der Waals surface area contributed by atoms with Gasteiger partial charge in [0.2, 0.25) is 0 Å². The lowest BCUT2D eigenvalue weighted by Gasteiger charge is -2.06. The van der Waals surface area contributed by atoms with Gasteiger partial charge >= 0.3 is 0 Å². The highest BCUT2D eigenvalue weighted by molar-refractivity contribution is 5.30. The minimum absolute atomic E-state index is 0.494. The molecule has 2 nitrogen and oxygen atoms in total. The van der Waals surface area contributed by atoms with Crippen LogP contribution in [0.4, 0.5) is 0 Å². The van der Waals surface area contributed by atoms with Crippen molar-refractivity contribution < 1.29 is 0 Å². The fourth-order valence-electron chi connectivity index (χ4n) is 1.40. The van der Waals surface area contributed by atoms with Crippen molar-refractivity contribution in [2.75, 3.05) is 0 Å². The molecule has 0 atom stereocenters. The smallest absolute Gasteiger partial charge is 0.0633 e. The number of hydrogen-bond donors (Lipinski definition) is 0. The third-order valence-electron chi connectivity index (χ3n) is 2.26. The third-order valence-corrected chi connectivity index (χ3v) is 2.26. The Labute approximate surface area is 112 Å². The lowest BCUT2D eigenvalue weighted by atomic mass is 10.1. The van der Waals surface area contributed by atoms with Crippen LogP contribution in [0.5, 0.6) is 0 Å². The minimum Gasteiger partial charge on any atom is -0.322 e. The van der Waals surface area contributed by atoms with Crippen LogP contribution in [-0.4, -0.2) is 9.55 Å². The molecule has 0 radical (unpaired) electrons. The molecule has 0 spiro atoms. The average molecular weight is 246 g/mol. The standard InChI is InChI=1S/C12H14N2.2C2H6/c1-10(2)12-6-5-11(9-13-12)14-7-3-4-8-14;2*1-2/h3-10H,1-2H3;2*1-2H3. The summed E-state index contributed by atoms with van der Waals surface area (Å²) in [6.45, 7) is 12.3. The lowest BCUT2D eigenvalue weighted by Crippen LogP contribution is -1.95. The Morgan fingerprint density at radius 1 is 0.944 bits per heavy atom. The van der Waals surface area contributed by atoms with Crippen molar-refractivity contribution >= 4 is 0 Å². The quantitative estimate of drug-likeness (QED) is 0.725. The van der Waals surface area contributed by atoms with E-state index in [2.05, 4.69) is 35.5 Å². The first-order valence-electron chi connectivity index (χ1n) is 6.86. The highest BCUT2D eigenvalue weighted by Crippen LogP contribution is 2.13. The van der Waals surface area contributed by atoms with Gasteiger partial charge in [-0.3, -0.25) is 4.98 Å². The Bertz CT molecular complexity index is 386. The average Bonchev–Trinajstić information content (AvgIpc) is 2.97. The van der Waals surface area contributed by atoms with E-state index < -0.39 is 0 Å². The van der Waals surface area contributed by atoms with Crippen molar-refractivity contribution in [3.05, 3.63) is 48.5 Å². The predicted octanol–water partition coefficient (Wildman–Crippen LogP) is 5.05. The van der Waals surface area contributed by atoms with Gasteiger partial charge in [-0.2, -0.15) is 0 Å². The Hall–Kier alpha value is -1.57. The van der Waals surface area contributed by atoms with Gasteiger partial charge < -0.3 is 4.57 Å². The highest BCUT2D eigenvalue weighted by atomic mass is 15.0. The van der Waals surface area contributed by atoms with Crippen molar-refractivity contribution in [1.29, 1.82) is 0 Å². The van der Waals surface area contributed by atoms with Gasteiger partial charge in [0.05, 0.1) is 11.9 Å². The largest absolute Gasteiger partial charge is 0.322 e.